The maximum absolute atomic E-state index is 4.35. The molecule has 0 saturated heterocycles. The molecule has 0 spiro atoms. The van der Waals surface area contributed by atoms with E-state index in [-0.39, 0.29) is 0 Å². The second-order valence-corrected chi connectivity index (χ2v) is 3.09. The molecule has 0 fully saturated rings. The fourth-order valence-electron chi connectivity index (χ4n) is 1.45. The monoisotopic (exact) mass is 176 g/mol. The van der Waals surface area contributed by atoms with E-state index in [0.717, 1.165) is 34.9 Å². The van der Waals surface area contributed by atoms with E-state index in [9.17, 15) is 0 Å². The van der Waals surface area contributed by atoms with Crippen LogP contribution in [0.15, 0.2) is 0 Å². The SMILES string of the molecule is CCc1nc(C)nc2nc(C)[nH]c12. The minimum Gasteiger partial charge on any atom is -0.339 e. The van der Waals surface area contributed by atoms with Crippen molar-refractivity contribution >= 4 is 11.2 Å². The van der Waals surface area contributed by atoms with Crippen molar-refractivity contribution in [1.82, 2.24) is 19.9 Å². The van der Waals surface area contributed by atoms with Crippen LogP contribution in [0.2, 0.25) is 0 Å². The van der Waals surface area contributed by atoms with Crippen LogP contribution in [0.1, 0.15) is 24.3 Å². The Morgan fingerprint density at radius 2 is 1.92 bits per heavy atom. The number of rotatable bonds is 1. The molecule has 13 heavy (non-hydrogen) atoms. The molecule has 0 aliphatic heterocycles. The fourth-order valence-corrected chi connectivity index (χ4v) is 1.45. The van der Waals surface area contributed by atoms with E-state index in [2.05, 4.69) is 26.9 Å². The van der Waals surface area contributed by atoms with Gasteiger partial charge in [0.1, 0.15) is 17.2 Å². The summed E-state index contributed by atoms with van der Waals surface area (Å²) < 4.78 is 0. The van der Waals surface area contributed by atoms with Gasteiger partial charge in [0.05, 0.1) is 5.69 Å². The second kappa shape index (κ2) is 2.80. The zero-order valence-electron chi connectivity index (χ0n) is 8.05. The van der Waals surface area contributed by atoms with Gasteiger partial charge < -0.3 is 4.98 Å². The van der Waals surface area contributed by atoms with Gasteiger partial charge in [0.25, 0.3) is 0 Å². The van der Waals surface area contributed by atoms with E-state index in [1.807, 2.05) is 13.8 Å². The highest BCUT2D eigenvalue weighted by Crippen LogP contribution is 2.13. The summed E-state index contributed by atoms with van der Waals surface area (Å²) >= 11 is 0. The van der Waals surface area contributed by atoms with Crippen LogP contribution >= 0.6 is 0 Å². The molecule has 68 valence electrons. The predicted molar refractivity (Wildman–Crippen MR) is 50.5 cm³/mol. The van der Waals surface area contributed by atoms with E-state index in [0.29, 0.717) is 0 Å². The molecular weight excluding hydrogens is 164 g/mol. The lowest BCUT2D eigenvalue weighted by molar-refractivity contribution is 0.974. The normalized spacial score (nSPS) is 11.0. The van der Waals surface area contributed by atoms with Crippen molar-refractivity contribution in [3.8, 4) is 0 Å². The lowest BCUT2D eigenvalue weighted by Gasteiger charge is -1.98. The van der Waals surface area contributed by atoms with E-state index in [1.165, 1.54) is 0 Å². The van der Waals surface area contributed by atoms with Crippen LogP contribution in [0.3, 0.4) is 0 Å². The van der Waals surface area contributed by atoms with Crippen LogP contribution in [0.4, 0.5) is 0 Å². The van der Waals surface area contributed by atoms with Gasteiger partial charge in [-0.3, -0.25) is 0 Å². The first-order chi connectivity index (χ1) is 6.20. The van der Waals surface area contributed by atoms with Crippen LogP contribution < -0.4 is 0 Å². The standard InChI is InChI=1S/C9H12N4/c1-4-7-8-9(12-5(2)10-7)13-6(3)11-8/h4H2,1-3H3,(H,10,11,12,13). The maximum atomic E-state index is 4.35. The quantitative estimate of drug-likeness (QED) is 0.716. The first-order valence-corrected chi connectivity index (χ1v) is 4.40. The zero-order chi connectivity index (χ0) is 9.42. The number of aromatic nitrogens is 4. The Bertz CT molecular complexity index is 444. The molecule has 2 heterocycles. The summed E-state index contributed by atoms with van der Waals surface area (Å²) in [4.78, 5) is 16.0. The molecule has 0 unspecified atom stereocenters. The molecule has 0 atom stereocenters. The van der Waals surface area contributed by atoms with Gasteiger partial charge in [-0.05, 0) is 20.3 Å². The minimum atomic E-state index is 0.779. The van der Waals surface area contributed by atoms with Gasteiger partial charge in [0.15, 0.2) is 5.65 Å². The van der Waals surface area contributed by atoms with Crippen LogP contribution in [0.5, 0.6) is 0 Å². The second-order valence-electron chi connectivity index (χ2n) is 3.09. The van der Waals surface area contributed by atoms with Crippen LogP contribution in [0.25, 0.3) is 11.2 Å². The molecule has 0 bridgehead atoms. The summed E-state index contributed by atoms with van der Waals surface area (Å²) in [5, 5.41) is 0. The van der Waals surface area contributed by atoms with Crippen LogP contribution in [0, 0.1) is 13.8 Å². The van der Waals surface area contributed by atoms with E-state index < -0.39 is 0 Å². The van der Waals surface area contributed by atoms with Crippen LogP contribution in [-0.2, 0) is 6.42 Å². The fraction of sp³-hybridized carbons (Fsp3) is 0.444. The summed E-state index contributed by atoms with van der Waals surface area (Å²) in [5.74, 6) is 1.68. The van der Waals surface area contributed by atoms with Crippen molar-refractivity contribution in [1.29, 1.82) is 0 Å². The Morgan fingerprint density at radius 3 is 2.62 bits per heavy atom. The Balaban J connectivity index is 2.80. The number of aromatic amines is 1. The number of nitrogens with one attached hydrogen (secondary N) is 1. The molecule has 0 aliphatic carbocycles. The third kappa shape index (κ3) is 1.28. The average Bonchev–Trinajstić information content (AvgIpc) is 2.43. The smallest absolute Gasteiger partial charge is 0.181 e. The highest BCUT2D eigenvalue weighted by molar-refractivity contribution is 5.73. The zero-order valence-corrected chi connectivity index (χ0v) is 8.05. The van der Waals surface area contributed by atoms with Crippen LogP contribution in [-0.4, -0.2) is 19.9 Å². The first kappa shape index (κ1) is 8.16. The topological polar surface area (TPSA) is 54.5 Å². The van der Waals surface area contributed by atoms with Gasteiger partial charge in [-0.15, -0.1) is 0 Å². The van der Waals surface area contributed by atoms with E-state index >= 15 is 0 Å². The van der Waals surface area contributed by atoms with Crippen molar-refractivity contribution in [2.45, 2.75) is 27.2 Å². The maximum Gasteiger partial charge on any atom is 0.181 e. The average molecular weight is 176 g/mol. The summed E-state index contributed by atoms with van der Waals surface area (Å²) in [6.45, 7) is 5.90. The highest BCUT2D eigenvalue weighted by Gasteiger charge is 2.07. The van der Waals surface area contributed by atoms with Gasteiger partial charge in [0.2, 0.25) is 0 Å². The van der Waals surface area contributed by atoms with Crippen molar-refractivity contribution in [2.24, 2.45) is 0 Å². The lowest BCUT2D eigenvalue weighted by atomic mass is 10.3. The Hall–Kier alpha value is -1.45. The number of H-pyrrole nitrogens is 1. The molecule has 2 aromatic heterocycles. The lowest BCUT2D eigenvalue weighted by Crippen LogP contribution is -1.95. The summed E-state index contributed by atoms with van der Waals surface area (Å²) in [6, 6.07) is 0. The van der Waals surface area contributed by atoms with Gasteiger partial charge in [-0.25, -0.2) is 15.0 Å². The molecule has 2 aromatic rings. The number of fused-ring (bicyclic) bond motifs is 1. The molecule has 0 aromatic carbocycles. The van der Waals surface area contributed by atoms with Crippen molar-refractivity contribution < 1.29 is 0 Å². The third-order valence-electron chi connectivity index (χ3n) is 1.99. The Labute approximate surface area is 76.4 Å². The molecule has 1 N–H and O–H groups in total. The molecule has 0 amide bonds. The molecule has 2 rings (SSSR count). The summed E-state index contributed by atoms with van der Waals surface area (Å²) in [5.41, 5.74) is 2.80. The third-order valence-corrected chi connectivity index (χ3v) is 1.99. The Kier molecular flexibility index (Phi) is 1.76. The number of hydrogen-bond acceptors (Lipinski definition) is 3. The van der Waals surface area contributed by atoms with Crippen molar-refractivity contribution in [3.63, 3.8) is 0 Å². The van der Waals surface area contributed by atoms with E-state index in [1.54, 1.807) is 0 Å². The van der Waals surface area contributed by atoms with Gasteiger partial charge in [-0.1, -0.05) is 6.92 Å². The number of aryl methyl sites for hydroxylation is 3. The molecule has 4 nitrogen and oxygen atoms in total. The largest absolute Gasteiger partial charge is 0.339 e. The minimum absolute atomic E-state index is 0.779. The van der Waals surface area contributed by atoms with Gasteiger partial charge in [0, 0.05) is 0 Å². The van der Waals surface area contributed by atoms with Crippen molar-refractivity contribution in [3.05, 3.63) is 17.3 Å². The Morgan fingerprint density at radius 1 is 1.15 bits per heavy atom. The molecule has 4 heteroatoms. The van der Waals surface area contributed by atoms with E-state index in [4.69, 9.17) is 0 Å². The predicted octanol–water partition coefficient (Wildman–Crippen LogP) is 1.53. The van der Waals surface area contributed by atoms with Gasteiger partial charge in [-0.2, -0.15) is 0 Å². The number of nitrogens with zero attached hydrogens (tertiary/aromatic N) is 3. The molecule has 0 saturated carbocycles. The summed E-state index contributed by atoms with van der Waals surface area (Å²) in [7, 11) is 0. The summed E-state index contributed by atoms with van der Waals surface area (Å²) in [6.07, 6.45) is 0.904. The first-order valence-electron chi connectivity index (χ1n) is 4.40. The van der Waals surface area contributed by atoms with Gasteiger partial charge >= 0.3 is 0 Å². The molecule has 0 radical (unpaired) electrons. The molecule has 0 aliphatic rings. The van der Waals surface area contributed by atoms with Crippen molar-refractivity contribution in [2.75, 3.05) is 0 Å². The number of imidazole rings is 1. The highest BCUT2D eigenvalue weighted by atomic mass is 15.0. The molecular formula is C9H12N4. The number of hydrogen-bond donors (Lipinski definition) is 1.